The molecule has 4 rings (SSSR count). The van der Waals surface area contributed by atoms with Crippen LogP contribution in [0, 0.1) is 5.92 Å². The molecule has 0 spiro atoms. The zero-order valence-electron chi connectivity index (χ0n) is 11.1. The summed E-state index contributed by atoms with van der Waals surface area (Å²) in [5.74, 6) is -0.412. The number of ether oxygens (including phenoxy) is 1. The fourth-order valence-electron chi connectivity index (χ4n) is 3.40. The molecule has 2 saturated heterocycles. The number of rotatable bonds is 4. The summed E-state index contributed by atoms with van der Waals surface area (Å²) in [4.78, 5) is 24.7. The molecule has 1 aromatic carbocycles. The number of hydrogen-bond acceptors (Lipinski definition) is 3. The highest BCUT2D eigenvalue weighted by Gasteiger charge is 2.59. The van der Waals surface area contributed by atoms with Gasteiger partial charge in [-0.25, -0.2) is 4.79 Å². The molecule has 0 radical (unpaired) electrons. The lowest BCUT2D eigenvalue weighted by molar-refractivity contribution is -0.140. The first kappa shape index (κ1) is 13.0. The lowest BCUT2D eigenvalue weighted by atomic mass is 9.71. The number of aliphatic carboxylic acids is 1. The van der Waals surface area contributed by atoms with Crippen LogP contribution in [0.15, 0.2) is 30.3 Å². The topological polar surface area (TPSA) is 66.8 Å². The lowest BCUT2D eigenvalue weighted by Crippen LogP contribution is -2.49. The molecule has 0 aromatic heterocycles. The number of carbonyl (C=O) groups excluding carboxylic acids is 1. The summed E-state index contributed by atoms with van der Waals surface area (Å²) in [5, 5.41) is 8.99. The van der Waals surface area contributed by atoms with Gasteiger partial charge >= 0.3 is 12.1 Å². The normalized spacial score (nSPS) is 27.0. The highest BCUT2D eigenvalue weighted by molar-refractivity contribution is 5.74. The molecule has 0 unspecified atom stereocenters. The molecule has 1 N–H and O–H groups in total. The molecule has 5 heteroatoms. The Labute approximate surface area is 117 Å². The highest BCUT2D eigenvalue weighted by atomic mass is 16.6. The molecule has 1 saturated carbocycles. The van der Waals surface area contributed by atoms with Gasteiger partial charge in [0.2, 0.25) is 0 Å². The molecule has 1 aromatic rings. The second kappa shape index (κ2) is 4.81. The minimum atomic E-state index is -0.855. The second-order valence-electron chi connectivity index (χ2n) is 5.72. The molecule has 2 heterocycles. The predicted octanol–water partition coefficient (Wildman–Crippen LogP) is 2.26. The number of carboxylic acids is 1. The first-order chi connectivity index (χ1) is 9.59. The van der Waals surface area contributed by atoms with Gasteiger partial charge in [0, 0.05) is 6.54 Å². The van der Waals surface area contributed by atoms with Crippen molar-refractivity contribution >= 4 is 12.1 Å². The summed E-state index contributed by atoms with van der Waals surface area (Å²) in [6.45, 7) is 0.852. The van der Waals surface area contributed by atoms with Gasteiger partial charge in [0.25, 0.3) is 0 Å². The molecule has 106 valence electrons. The maximum Gasteiger partial charge on any atom is 0.410 e. The van der Waals surface area contributed by atoms with E-state index in [0.29, 0.717) is 12.5 Å². The van der Waals surface area contributed by atoms with Crippen LogP contribution in [0.25, 0.3) is 0 Å². The number of carboxylic acid groups (broad SMARTS) is 1. The van der Waals surface area contributed by atoms with Crippen molar-refractivity contribution in [2.45, 2.75) is 31.4 Å². The molecular formula is C15H17NO4. The van der Waals surface area contributed by atoms with Crippen LogP contribution in [0.1, 0.15) is 24.8 Å². The van der Waals surface area contributed by atoms with E-state index in [1.165, 1.54) is 0 Å². The van der Waals surface area contributed by atoms with Gasteiger partial charge in [-0.2, -0.15) is 0 Å². The van der Waals surface area contributed by atoms with Gasteiger partial charge in [-0.1, -0.05) is 30.3 Å². The minimum Gasteiger partial charge on any atom is -0.481 e. The summed E-state index contributed by atoms with van der Waals surface area (Å²) in [7, 11) is 0. The molecule has 0 atom stereocenters. The summed E-state index contributed by atoms with van der Waals surface area (Å²) < 4.78 is 5.31. The summed E-state index contributed by atoms with van der Waals surface area (Å²) >= 11 is 0. The van der Waals surface area contributed by atoms with E-state index < -0.39 is 17.6 Å². The van der Waals surface area contributed by atoms with E-state index in [-0.39, 0.29) is 13.0 Å². The minimum absolute atomic E-state index is 0.0178. The Morgan fingerprint density at radius 2 is 2.00 bits per heavy atom. The quantitative estimate of drug-likeness (QED) is 0.915. The fourth-order valence-corrected chi connectivity index (χ4v) is 3.40. The van der Waals surface area contributed by atoms with E-state index in [0.717, 1.165) is 18.4 Å². The molecule has 5 nitrogen and oxygen atoms in total. The maximum absolute atomic E-state index is 12.2. The van der Waals surface area contributed by atoms with Gasteiger partial charge in [-0.3, -0.25) is 4.79 Å². The molecule has 3 fully saturated rings. The van der Waals surface area contributed by atoms with E-state index in [1.54, 1.807) is 4.90 Å². The average molecular weight is 275 g/mol. The molecule has 20 heavy (non-hydrogen) atoms. The Balaban J connectivity index is 1.61. The average Bonchev–Trinajstić information content (AvgIpc) is 2.91. The van der Waals surface area contributed by atoms with Crippen molar-refractivity contribution in [2.24, 2.45) is 5.92 Å². The Kier molecular flexibility index (Phi) is 3.12. The summed E-state index contributed by atoms with van der Waals surface area (Å²) in [6.07, 6.45) is 1.21. The van der Waals surface area contributed by atoms with Crippen LogP contribution in [-0.2, 0) is 16.1 Å². The molecular weight excluding hydrogens is 258 g/mol. The van der Waals surface area contributed by atoms with E-state index >= 15 is 0 Å². The summed E-state index contributed by atoms with van der Waals surface area (Å²) in [5.41, 5.74) is 0.434. The largest absolute Gasteiger partial charge is 0.481 e. The first-order valence-electron chi connectivity index (χ1n) is 6.79. The van der Waals surface area contributed by atoms with E-state index in [2.05, 4.69) is 0 Å². The Morgan fingerprint density at radius 1 is 1.30 bits per heavy atom. The molecule has 2 aliphatic heterocycles. The Morgan fingerprint density at radius 3 is 2.65 bits per heavy atom. The molecule has 2 bridgehead atoms. The predicted molar refractivity (Wildman–Crippen MR) is 71.0 cm³/mol. The zero-order chi connectivity index (χ0) is 14.2. The number of benzene rings is 1. The fraction of sp³-hybridized carbons (Fsp3) is 0.467. The van der Waals surface area contributed by atoms with Gasteiger partial charge in [0.05, 0.1) is 12.0 Å². The number of hydrogen-bond donors (Lipinski definition) is 1. The van der Waals surface area contributed by atoms with E-state index in [4.69, 9.17) is 9.84 Å². The smallest absolute Gasteiger partial charge is 0.410 e. The van der Waals surface area contributed by atoms with Crippen molar-refractivity contribution in [2.75, 3.05) is 6.54 Å². The van der Waals surface area contributed by atoms with E-state index in [9.17, 15) is 9.59 Å². The van der Waals surface area contributed by atoms with Crippen molar-refractivity contribution in [3.8, 4) is 0 Å². The number of carbonyl (C=O) groups is 2. The Hall–Kier alpha value is -2.04. The third-order valence-electron chi connectivity index (χ3n) is 4.26. The molecule has 1 aliphatic carbocycles. The van der Waals surface area contributed by atoms with Gasteiger partial charge < -0.3 is 14.7 Å². The third-order valence-corrected chi connectivity index (χ3v) is 4.26. The van der Waals surface area contributed by atoms with Crippen LogP contribution in [0.3, 0.4) is 0 Å². The number of fused-ring (bicyclic) bond motifs is 1. The lowest BCUT2D eigenvalue weighted by Gasteiger charge is -2.40. The van der Waals surface area contributed by atoms with Crippen molar-refractivity contribution in [3.63, 3.8) is 0 Å². The van der Waals surface area contributed by atoms with Crippen molar-refractivity contribution in [3.05, 3.63) is 35.9 Å². The van der Waals surface area contributed by atoms with Crippen LogP contribution < -0.4 is 0 Å². The monoisotopic (exact) mass is 275 g/mol. The zero-order valence-corrected chi connectivity index (χ0v) is 11.1. The maximum atomic E-state index is 12.2. The molecule has 3 aliphatic rings. The van der Waals surface area contributed by atoms with Crippen LogP contribution in [-0.4, -0.2) is 34.2 Å². The number of nitrogens with zero attached hydrogens (tertiary/aromatic N) is 1. The van der Waals surface area contributed by atoms with Crippen molar-refractivity contribution in [1.82, 2.24) is 4.90 Å². The summed E-state index contributed by atoms with van der Waals surface area (Å²) in [6, 6.07) is 9.47. The van der Waals surface area contributed by atoms with E-state index in [1.807, 2.05) is 30.3 Å². The third kappa shape index (κ3) is 2.24. The van der Waals surface area contributed by atoms with Gasteiger partial charge in [-0.15, -0.1) is 0 Å². The molecule has 1 amide bonds. The van der Waals surface area contributed by atoms with Gasteiger partial charge in [0.1, 0.15) is 6.61 Å². The SMILES string of the molecule is O=C(O)CC12CC(CN1C(=O)OCc1ccccc1)C2. The van der Waals surface area contributed by atoms with Gasteiger partial charge in [-0.05, 0) is 24.3 Å². The van der Waals surface area contributed by atoms with Crippen LogP contribution in [0.2, 0.25) is 0 Å². The van der Waals surface area contributed by atoms with Gasteiger partial charge in [0.15, 0.2) is 0 Å². The van der Waals surface area contributed by atoms with Crippen molar-refractivity contribution in [1.29, 1.82) is 0 Å². The van der Waals surface area contributed by atoms with Crippen molar-refractivity contribution < 1.29 is 19.4 Å². The van der Waals surface area contributed by atoms with Crippen LogP contribution in [0.5, 0.6) is 0 Å². The second-order valence-corrected chi connectivity index (χ2v) is 5.72. The van der Waals surface area contributed by atoms with Crippen LogP contribution in [0.4, 0.5) is 4.79 Å². The highest BCUT2D eigenvalue weighted by Crippen LogP contribution is 2.52. The Bertz CT molecular complexity index is 522. The first-order valence-corrected chi connectivity index (χ1v) is 6.79. The number of amides is 1. The van der Waals surface area contributed by atoms with Crippen LogP contribution >= 0.6 is 0 Å². The standard InChI is InChI=1S/C15H17NO4/c17-13(18)8-15-6-12(7-15)9-16(15)14(19)20-10-11-4-2-1-3-5-11/h1-5,12H,6-10H2,(H,17,18).